The lowest BCUT2D eigenvalue weighted by atomic mass is 10.2. The third-order valence-electron chi connectivity index (χ3n) is 3.98. The molecule has 7 nitrogen and oxygen atoms in total. The van der Waals surface area contributed by atoms with Gasteiger partial charge in [0.1, 0.15) is 0 Å². The van der Waals surface area contributed by atoms with Gasteiger partial charge in [-0.1, -0.05) is 6.92 Å². The fraction of sp³-hybridized carbons (Fsp3) is 0.750. The van der Waals surface area contributed by atoms with Crippen LogP contribution in [0.3, 0.4) is 0 Å². The predicted octanol–water partition coefficient (Wildman–Crippen LogP) is -0.0268. The third kappa shape index (κ3) is 2.88. The van der Waals surface area contributed by atoms with Crippen LogP contribution in [0, 0.1) is 0 Å². The summed E-state index contributed by atoms with van der Waals surface area (Å²) in [6.07, 6.45) is 2.55. The van der Waals surface area contributed by atoms with E-state index in [4.69, 9.17) is 5.73 Å². The number of sulfonamides is 1. The van der Waals surface area contributed by atoms with Crippen molar-refractivity contribution in [2.24, 2.45) is 5.73 Å². The molecule has 2 heterocycles. The van der Waals surface area contributed by atoms with Crippen molar-refractivity contribution in [3.63, 3.8) is 0 Å². The summed E-state index contributed by atoms with van der Waals surface area (Å²) in [5.41, 5.74) is 6.09. The van der Waals surface area contributed by atoms with Gasteiger partial charge in [0.25, 0.3) is 10.0 Å². The van der Waals surface area contributed by atoms with Crippen LogP contribution in [0.2, 0.25) is 0 Å². The molecular formula is C12H23N5O2S. The summed E-state index contributed by atoms with van der Waals surface area (Å²) in [4.78, 5) is 2.32. The summed E-state index contributed by atoms with van der Waals surface area (Å²) in [7, 11) is -3.51. The highest BCUT2D eigenvalue weighted by Crippen LogP contribution is 2.19. The SMILES string of the molecule is CCC(C)N1CCN(S(=O)(=O)c2[nH]ncc2CN)CC1. The second-order valence-corrected chi connectivity index (χ2v) is 7.00. The van der Waals surface area contributed by atoms with E-state index in [1.165, 1.54) is 10.5 Å². The number of nitrogens with two attached hydrogens (primary N) is 1. The average Bonchev–Trinajstić information content (AvgIpc) is 2.95. The first-order valence-electron chi connectivity index (χ1n) is 6.97. The van der Waals surface area contributed by atoms with Crippen LogP contribution in [-0.4, -0.2) is 60.0 Å². The van der Waals surface area contributed by atoms with Gasteiger partial charge in [0.2, 0.25) is 0 Å². The van der Waals surface area contributed by atoms with Crippen LogP contribution in [0.25, 0.3) is 0 Å². The summed E-state index contributed by atoms with van der Waals surface area (Å²) < 4.78 is 26.6. The quantitative estimate of drug-likeness (QED) is 0.796. The number of rotatable bonds is 5. The highest BCUT2D eigenvalue weighted by molar-refractivity contribution is 7.89. The van der Waals surface area contributed by atoms with Crippen LogP contribution in [-0.2, 0) is 16.6 Å². The lowest BCUT2D eigenvalue weighted by Gasteiger charge is -2.36. The van der Waals surface area contributed by atoms with E-state index < -0.39 is 10.0 Å². The van der Waals surface area contributed by atoms with Gasteiger partial charge in [0.15, 0.2) is 5.03 Å². The Morgan fingerprint density at radius 1 is 1.40 bits per heavy atom. The Hall–Kier alpha value is -0.960. The highest BCUT2D eigenvalue weighted by atomic mass is 32.2. The largest absolute Gasteiger partial charge is 0.326 e. The molecule has 1 unspecified atom stereocenters. The molecule has 2 rings (SSSR count). The number of nitrogens with one attached hydrogen (secondary N) is 1. The van der Waals surface area contributed by atoms with Gasteiger partial charge in [0.05, 0.1) is 6.20 Å². The number of aromatic nitrogens is 2. The zero-order chi connectivity index (χ0) is 14.8. The predicted molar refractivity (Wildman–Crippen MR) is 76.6 cm³/mol. The van der Waals surface area contributed by atoms with Gasteiger partial charge in [0, 0.05) is 44.3 Å². The Balaban J connectivity index is 2.10. The van der Waals surface area contributed by atoms with E-state index in [0.29, 0.717) is 24.7 Å². The molecule has 3 N–H and O–H groups in total. The van der Waals surface area contributed by atoms with Gasteiger partial charge in [-0.2, -0.15) is 9.40 Å². The first-order chi connectivity index (χ1) is 9.50. The Labute approximate surface area is 120 Å². The molecule has 20 heavy (non-hydrogen) atoms. The minimum Gasteiger partial charge on any atom is -0.326 e. The van der Waals surface area contributed by atoms with Crippen LogP contribution < -0.4 is 5.73 Å². The molecule has 0 amide bonds. The Morgan fingerprint density at radius 2 is 2.05 bits per heavy atom. The van der Waals surface area contributed by atoms with Gasteiger partial charge >= 0.3 is 0 Å². The monoisotopic (exact) mass is 301 g/mol. The summed E-state index contributed by atoms with van der Waals surface area (Å²) in [6, 6.07) is 0.492. The standard InChI is InChI=1S/C12H23N5O2S/c1-3-10(2)16-4-6-17(7-5-16)20(18,19)12-11(8-13)9-14-15-12/h9-10H,3-8,13H2,1-2H3,(H,14,15). The maximum atomic E-state index is 12.6. The number of nitrogens with zero attached hydrogens (tertiary/aromatic N) is 3. The van der Waals surface area contributed by atoms with Crippen molar-refractivity contribution < 1.29 is 8.42 Å². The molecule has 1 fully saturated rings. The Bertz CT molecular complexity index is 534. The average molecular weight is 301 g/mol. The minimum absolute atomic E-state index is 0.136. The lowest BCUT2D eigenvalue weighted by Crippen LogP contribution is -2.51. The van der Waals surface area contributed by atoms with Crippen molar-refractivity contribution in [1.29, 1.82) is 0 Å². The van der Waals surface area contributed by atoms with Gasteiger partial charge in [-0.15, -0.1) is 0 Å². The molecule has 0 spiro atoms. The molecule has 0 saturated carbocycles. The zero-order valence-electron chi connectivity index (χ0n) is 12.0. The molecule has 114 valence electrons. The third-order valence-corrected chi connectivity index (χ3v) is 5.90. The van der Waals surface area contributed by atoms with Crippen LogP contribution in [0.1, 0.15) is 25.8 Å². The second-order valence-electron chi connectivity index (χ2n) is 5.13. The minimum atomic E-state index is -3.51. The Kier molecular flexibility index (Phi) is 4.79. The van der Waals surface area contributed by atoms with Crippen LogP contribution >= 0.6 is 0 Å². The molecular weight excluding hydrogens is 278 g/mol. The summed E-state index contributed by atoms with van der Waals surface area (Å²) in [6.45, 7) is 7.03. The van der Waals surface area contributed by atoms with Gasteiger partial charge < -0.3 is 5.73 Å². The zero-order valence-corrected chi connectivity index (χ0v) is 12.9. The first kappa shape index (κ1) is 15.4. The smallest absolute Gasteiger partial charge is 0.260 e. The second kappa shape index (κ2) is 6.21. The molecule has 1 aliphatic heterocycles. The number of hydrogen-bond donors (Lipinski definition) is 2. The molecule has 0 radical (unpaired) electrons. The van der Waals surface area contributed by atoms with Crippen LogP contribution in [0.15, 0.2) is 11.2 Å². The van der Waals surface area contributed by atoms with Crippen molar-refractivity contribution in [2.45, 2.75) is 37.9 Å². The summed E-state index contributed by atoms with van der Waals surface area (Å²) >= 11 is 0. The molecule has 0 aliphatic carbocycles. The molecule has 8 heteroatoms. The van der Waals surface area contributed by atoms with E-state index in [9.17, 15) is 8.42 Å². The van der Waals surface area contributed by atoms with E-state index in [1.807, 2.05) is 0 Å². The lowest BCUT2D eigenvalue weighted by molar-refractivity contribution is 0.142. The van der Waals surface area contributed by atoms with Gasteiger partial charge in [-0.25, -0.2) is 8.42 Å². The fourth-order valence-corrected chi connectivity index (χ4v) is 3.98. The van der Waals surface area contributed by atoms with Crippen molar-refractivity contribution in [3.8, 4) is 0 Å². The van der Waals surface area contributed by atoms with Crippen LogP contribution in [0.4, 0.5) is 0 Å². The fourth-order valence-electron chi connectivity index (χ4n) is 2.44. The molecule has 1 aromatic rings. The molecule has 1 saturated heterocycles. The molecule has 1 atom stereocenters. The molecule has 0 bridgehead atoms. The highest BCUT2D eigenvalue weighted by Gasteiger charge is 2.32. The maximum Gasteiger partial charge on any atom is 0.260 e. The maximum absolute atomic E-state index is 12.6. The number of H-pyrrole nitrogens is 1. The van der Waals surface area contributed by atoms with Crippen LogP contribution in [0.5, 0.6) is 0 Å². The van der Waals surface area contributed by atoms with E-state index in [2.05, 4.69) is 28.9 Å². The summed E-state index contributed by atoms with van der Waals surface area (Å²) in [5, 5.41) is 6.49. The van der Waals surface area contributed by atoms with Crippen molar-refractivity contribution >= 4 is 10.0 Å². The van der Waals surface area contributed by atoms with Gasteiger partial charge in [-0.05, 0) is 13.3 Å². The molecule has 1 aliphatic rings. The number of aromatic amines is 1. The topological polar surface area (TPSA) is 95.3 Å². The summed E-state index contributed by atoms with van der Waals surface area (Å²) in [5.74, 6) is 0. The van der Waals surface area contributed by atoms with E-state index >= 15 is 0 Å². The van der Waals surface area contributed by atoms with Crippen molar-refractivity contribution in [3.05, 3.63) is 11.8 Å². The molecule has 1 aromatic heterocycles. The van der Waals surface area contributed by atoms with E-state index in [1.54, 1.807) is 0 Å². The van der Waals surface area contributed by atoms with Crippen molar-refractivity contribution in [2.75, 3.05) is 26.2 Å². The number of piperazine rings is 1. The van der Waals surface area contributed by atoms with E-state index in [0.717, 1.165) is 19.5 Å². The number of hydrogen-bond acceptors (Lipinski definition) is 5. The first-order valence-corrected chi connectivity index (χ1v) is 8.41. The van der Waals surface area contributed by atoms with Gasteiger partial charge in [-0.3, -0.25) is 10.00 Å². The normalized spacial score (nSPS) is 20.1. The molecule has 0 aromatic carbocycles. The van der Waals surface area contributed by atoms with E-state index in [-0.39, 0.29) is 11.6 Å². The van der Waals surface area contributed by atoms with Crippen molar-refractivity contribution in [1.82, 2.24) is 19.4 Å². The Morgan fingerprint density at radius 3 is 2.60 bits per heavy atom.